The molecule has 2 heterocycles. The molecule has 3 rings (SSSR count). The summed E-state index contributed by atoms with van der Waals surface area (Å²) < 4.78 is 45.6. The molecule has 1 N–H and O–H groups in total. The summed E-state index contributed by atoms with van der Waals surface area (Å²) in [4.78, 5) is 10.9. The van der Waals surface area contributed by atoms with Crippen molar-refractivity contribution in [1.82, 2.24) is 14.7 Å². The fourth-order valence-corrected chi connectivity index (χ4v) is 3.78. The van der Waals surface area contributed by atoms with Gasteiger partial charge in [0, 0.05) is 18.8 Å². The number of hydrogen-bond acceptors (Lipinski definition) is 6. The first-order chi connectivity index (χ1) is 12.4. The van der Waals surface area contributed by atoms with Crippen LogP contribution in [0.2, 0.25) is 0 Å². The second-order valence-corrected chi connectivity index (χ2v) is 7.92. The molecule has 0 radical (unpaired) electrons. The van der Waals surface area contributed by atoms with Gasteiger partial charge in [0.2, 0.25) is 16.0 Å². The van der Waals surface area contributed by atoms with Crippen LogP contribution < -0.4 is 9.62 Å². The van der Waals surface area contributed by atoms with Crippen LogP contribution in [0.25, 0.3) is 0 Å². The third-order valence-corrected chi connectivity index (χ3v) is 5.21. The van der Waals surface area contributed by atoms with Gasteiger partial charge in [-0.3, -0.25) is 0 Å². The standard InChI is InChI=1S/C17H21FN4O3S/c1-13-9-16(21-17(20-13)22-5-7-25-8-6-22)11-19-26(23,24)12-14-3-2-4-15(18)10-14/h2-4,9-10,19H,5-8,11-12H2,1H3. The third-order valence-electron chi connectivity index (χ3n) is 3.91. The summed E-state index contributed by atoms with van der Waals surface area (Å²) in [5.41, 5.74) is 1.74. The smallest absolute Gasteiger partial charge is 0.225 e. The minimum atomic E-state index is -3.61. The van der Waals surface area contributed by atoms with E-state index in [0.717, 1.165) is 5.69 Å². The number of halogens is 1. The van der Waals surface area contributed by atoms with Gasteiger partial charge in [0.15, 0.2) is 0 Å². The second kappa shape index (κ2) is 8.07. The normalized spacial score (nSPS) is 15.2. The van der Waals surface area contributed by atoms with Crippen LogP contribution in [-0.2, 0) is 27.1 Å². The molecular weight excluding hydrogens is 359 g/mol. The Balaban J connectivity index is 1.67. The maximum atomic E-state index is 13.2. The summed E-state index contributed by atoms with van der Waals surface area (Å²) in [7, 11) is -3.61. The molecule has 26 heavy (non-hydrogen) atoms. The zero-order valence-corrected chi connectivity index (χ0v) is 15.3. The van der Waals surface area contributed by atoms with Crippen molar-refractivity contribution < 1.29 is 17.5 Å². The molecule has 1 aliphatic heterocycles. The summed E-state index contributed by atoms with van der Waals surface area (Å²) in [6.45, 7) is 4.54. The molecule has 0 bridgehead atoms. The van der Waals surface area contributed by atoms with Gasteiger partial charge in [-0.2, -0.15) is 0 Å². The minimum Gasteiger partial charge on any atom is -0.378 e. The van der Waals surface area contributed by atoms with E-state index in [0.29, 0.717) is 43.5 Å². The molecule has 7 nitrogen and oxygen atoms in total. The number of hydrogen-bond donors (Lipinski definition) is 1. The van der Waals surface area contributed by atoms with E-state index in [4.69, 9.17) is 4.74 Å². The lowest BCUT2D eigenvalue weighted by molar-refractivity contribution is 0.122. The highest BCUT2D eigenvalue weighted by molar-refractivity contribution is 7.88. The van der Waals surface area contributed by atoms with Crippen molar-refractivity contribution in [3.8, 4) is 0 Å². The predicted octanol–water partition coefficient (Wildman–Crippen LogP) is 1.38. The van der Waals surface area contributed by atoms with Crippen LogP contribution in [0.3, 0.4) is 0 Å². The fourth-order valence-electron chi connectivity index (χ4n) is 2.69. The number of rotatable bonds is 6. The zero-order chi connectivity index (χ0) is 18.6. The summed E-state index contributed by atoms with van der Waals surface area (Å²) >= 11 is 0. The first kappa shape index (κ1) is 18.7. The first-order valence-corrected chi connectivity index (χ1v) is 9.95. The molecule has 0 atom stereocenters. The van der Waals surface area contributed by atoms with E-state index in [-0.39, 0.29) is 12.3 Å². The van der Waals surface area contributed by atoms with Gasteiger partial charge in [0.25, 0.3) is 0 Å². The summed E-state index contributed by atoms with van der Waals surface area (Å²) in [6, 6.07) is 7.30. The van der Waals surface area contributed by atoms with E-state index in [1.54, 1.807) is 12.1 Å². The van der Waals surface area contributed by atoms with Crippen molar-refractivity contribution >= 4 is 16.0 Å². The van der Waals surface area contributed by atoms with Crippen molar-refractivity contribution in [3.05, 3.63) is 53.1 Å². The Hall–Kier alpha value is -2.10. The average molecular weight is 380 g/mol. The van der Waals surface area contributed by atoms with Crippen molar-refractivity contribution in [2.75, 3.05) is 31.2 Å². The van der Waals surface area contributed by atoms with E-state index in [1.165, 1.54) is 18.2 Å². The Morgan fingerprint density at radius 3 is 2.73 bits per heavy atom. The lowest BCUT2D eigenvalue weighted by Crippen LogP contribution is -2.37. The molecule has 1 aromatic heterocycles. The SMILES string of the molecule is Cc1cc(CNS(=O)(=O)Cc2cccc(F)c2)nc(N2CCOCC2)n1. The highest BCUT2D eigenvalue weighted by Crippen LogP contribution is 2.13. The third kappa shape index (κ3) is 5.20. The van der Waals surface area contributed by atoms with Gasteiger partial charge < -0.3 is 9.64 Å². The van der Waals surface area contributed by atoms with E-state index >= 15 is 0 Å². The molecule has 1 aromatic carbocycles. The Morgan fingerprint density at radius 2 is 2.00 bits per heavy atom. The number of sulfonamides is 1. The van der Waals surface area contributed by atoms with Crippen LogP contribution in [0.4, 0.5) is 10.3 Å². The Kier molecular flexibility index (Phi) is 5.80. The molecule has 140 valence electrons. The van der Waals surface area contributed by atoms with Gasteiger partial charge >= 0.3 is 0 Å². The number of nitrogens with zero attached hydrogens (tertiary/aromatic N) is 3. The number of morpholine rings is 1. The van der Waals surface area contributed by atoms with Gasteiger partial charge in [0.1, 0.15) is 5.82 Å². The number of aryl methyl sites for hydroxylation is 1. The molecule has 1 saturated heterocycles. The fraction of sp³-hybridized carbons (Fsp3) is 0.412. The molecular formula is C17H21FN4O3S. The van der Waals surface area contributed by atoms with Gasteiger partial charge in [0.05, 0.1) is 31.2 Å². The van der Waals surface area contributed by atoms with E-state index in [2.05, 4.69) is 14.7 Å². The molecule has 0 aliphatic carbocycles. The largest absolute Gasteiger partial charge is 0.378 e. The van der Waals surface area contributed by atoms with Crippen molar-refractivity contribution in [2.45, 2.75) is 19.2 Å². The molecule has 1 fully saturated rings. The van der Waals surface area contributed by atoms with Crippen molar-refractivity contribution in [3.63, 3.8) is 0 Å². The van der Waals surface area contributed by atoms with Gasteiger partial charge in [-0.1, -0.05) is 12.1 Å². The molecule has 1 aliphatic rings. The maximum absolute atomic E-state index is 13.2. The average Bonchev–Trinajstić information content (AvgIpc) is 2.60. The molecule has 9 heteroatoms. The van der Waals surface area contributed by atoms with E-state index in [1.807, 2.05) is 11.8 Å². The van der Waals surface area contributed by atoms with Crippen LogP contribution in [0, 0.1) is 12.7 Å². The number of anilines is 1. The zero-order valence-electron chi connectivity index (χ0n) is 14.5. The van der Waals surface area contributed by atoms with Crippen LogP contribution in [0.15, 0.2) is 30.3 Å². The topological polar surface area (TPSA) is 84.4 Å². The molecule has 0 amide bonds. The predicted molar refractivity (Wildman–Crippen MR) is 95.7 cm³/mol. The van der Waals surface area contributed by atoms with E-state index < -0.39 is 15.8 Å². The number of aromatic nitrogens is 2. The lowest BCUT2D eigenvalue weighted by atomic mass is 10.2. The van der Waals surface area contributed by atoms with Crippen LogP contribution in [0.5, 0.6) is 0 Å². The summed E-state index contributed by atoms with van der Waals surface area (Å²) in [6.07, 6.45) is 0. The summed E-state index contributed by atoms with van der Waals surface area (Å²) in [5, 5.41) is 0. The molecule has 0 spiro atoms. The van der Waals surface area contributed by atoms with Crippen molar-refractivity contribution in [2.24, 2.45) is 0 Å². The van der Waals surface area contributed by atoms with Crippen LogP contribution >= 0.6 is 0 Å². The Labute approximate surface area is 152 Å². The molecule has 0 unspecified atom stereocenters. The maximum Gasteiger partial charge on any atom is 0.225 e. The molecule has 0 saturated carbocycles. The first-order valence-electron chi connectivity index (χ1n) is 8.30. The van der Waals surface area contributed by atoms with Crippen molar-refractivity contribution in [1.29, 1.82) is 0 Å². The van der Waals surface area contributed by atoms with E-state index in [9.17, 15) is 12.8 Å². The second-order valence-electron chi connectivity index (χ2n) is 6.11. The van der Waals surface area contributed by atoms with Gasteiger partial charge in [-0.25, -0.2) is 27.5 Å². The van der Waals surface area contributed by atoms with Gasteiger partial charge in [-0.05, 0) is 30.7 Å². The quantitative estimate of drug-likeness (QED) is 0.815. The monoisotopic (exact) mass is 380 g/mol. The number of ether oxygens (including phenoxy) is 1. The Morgan fingerprint density at radius 1 is 1.23 bits per heavy atom. The highest BCUT2D eigenvalue weighted by Gasteiger charge is 2.16. The number of nitrogens with one attached hydrogen (secondary N) is 1. The van der Waals surface area contributed by atoms with Crippen LogP contribution in [0.1, 0.15) is 17.0 Å². The number of benzene rings is 1. The molecule has 2 aromatic rings. The summed E-state index contributed by atoms with van der Waals surface area (Å²) in [5.74, 6) is -0.169. The highest BCUT2D eigenvalue weighted by atomic mass is 32.2. The van der Waals surface area contributed by atoms with Crippen LogP contribution in [-0.4, -0.2) is 44.7 Å². The van der Waals surface area contributed by atoms with Gasteiger partial charge in [-0.15, -0.1) is 0 Å². The minimum absolute atomic E-state index is 0.0539. The Bertz CT molecular complexity index is 870. The lowest BCUT2D eigenvalue weighted by Gasteiger charge is -2.27.